The highest BCUT2D eigenvalue weighted by Crippen LogP contribution is 2.29. The summed E-state index contributed by atoms with van der Waals surface area (Å²) in [4.78, 5) is 41.1. The molecule has 2 aromatic carbocycles. The Labute approximate surface area is 207 Å². The van der Waals surface area contributed by atoms with Crippen molar-refractivity contribution in [1.29, 1.82) is 0 Å². The third-order valence-electron chi connectivity index (χ3n) is 5.83. The van der Waals surface area contributed by atoms with Crippen molar-refractivity contribution in [2.75, 3.05) is 0 Å². The molecule has 0 aromatic heterocycles. The Morgan fingerprint density at radius 3 is 2.24 bits per heavy atom. The molecule has 0 spiro atoms. The Morgan fingerprint density at radius 2 is 1.65 bits per heavy atom. The lowest BCUT2D eigenvalue weighted by molar-refractivity contribution is -0.139. The summed E-state index contributed by atoms with van der Waals surface area (Å²) in [6.45, 7) is 0. The van der Waals surface area contributed by atoms with Gasteiger partial charge in [0.1, 0.15) is 11.8 Å². The normalized spacial score (nSPS) is 18.2. The van der Waals surface area contributed by atoms with Gasteiger partial charge in [-0.1, -0.05) is 53.5 Å². The molecule has 0 saturated heterocycles. The van der Waals surface area contributed by atoms with Crippen molar-refractivity contribution in [2.24, 2.45) is 22.4 Å². The molecule has 1 aliphatic rings. The van der Waals surface area contributed by atoms with Crippen molar-refractivity contribution in [3.63, 3.8) is 0 Å². The zero-order chi connectivity index (χ0) is 24.8. The van der Waals surface area contributed by atoms with E-state index < -0.39 is 17.9 Å². The Bertz CT molecular complexity index is 1080. The van der Waals surface area contributed by atoms with Gasteiger partial charge in [0.15, 0.2) is 5.96 Å². The lowest BCUT2D eigenvalue weighted by Crippen LogP contribution is -2.42. The molecule has 0 radical (unpaired) electrons. The van der Waals surface area contributed by atoms with Crippen LogP contribution in [0.1, 0.15) is 40.7 Å². The molecular weight excluding hydrogens is 479 g/mol. The number of rotatable bonds is 9. The topological polar surface area (TPSA) is 148 Å². The number of carbonyl (C=O) groups excluding carboxylic acids is 2. The Morgan fingerprint density at radius 1 is 1.03 bits per heavy atom. The van der Waals surface area contributed by atoms with Gasteiger partial charge in [0.25, 0.3) is 5.91 Å². The average Bonchev–Trinajstić information content (AvgIpc) is 3.22. The summed E-state index contributed by atoms with van der Waals surface area (Å²) in [6, 6.07) is 10.5. The fraction of sp³-hybridized carbons (Fsp3) is 0.333. The fourth-order valence-corrected chi connectivity index (χ4v) is 4.67. The standard InChI is InChI=1S/C24H26Cl2N4O4/c25-17-2-1-3-18(26)21(17)22(32)30-19(23(33)34)10-13-4-6-14(7-5-13)11-20(31)15-8-9-16(12-15)29-24(27)28/h1-7,15-16,19H,8-12H2,(H,30,32)(H,33,34)(H4,27,28,29)/t15-,16-,19+/m1/s1. The third kappa shape index (κ3) is 6.71. The van der Waals surface area contributed by atoms with Crippen LogP contribution in [-0.4, -0.2) is 40.8 Å². The number of nitrogens with two attached hydrogens (primary N) is 2. The van der Waals surface area contributed by atoms with E-state index in [0.717, 1.165) is 18.4 Å². The first kappa shape index (κ1) is 25.5. The molecule has 3 atom stereocenters. The lowest BCUT2D eigenvalue weighted by Gasteiger charge is -2.16. The van der Waals surface area contributed by atoms with Gasteiger partial charge in [0.05, 0.1) is 21.7 Å². The number of carboxylic acid groups (broad SMARTS) is 1. The van der Waals surface area contributed by atoms with Gasteiger partial charge in [-0.25, -0.2) is 4.79 Å². The predicted molar refractivity (Wildman–Crippen MR) is 131 cm³/mol. The zero-order valence-electron chi connectivity index (χ0n) is 18.3. The quantitative estimate of drug-likeness (QED) is 0.304. The van der Waals surface area contributed by atoms with Crippen molar-refractivity contribution in [3.05, 3.63) is 69.2 Å². The first-order chi connectivity index (χ1) is 16.1. The van der Waals surface area contributed by atoms with Crippen LogP contribution >= 0.6 is 23.2 Å². The van der Waals surface area contributed by atoms with Gasteiger partial charge >= 0.3 is 5.97 Å². The highest BCUT2D eigenvalue weighted by Gasteiger charge is 2.29. The maximum absolute atomic E-state index is 12.7. The third-order valence-corrected chi connectivity index (χ3v) is 6.46. The second kappa shape index (κ2) is 11.4. The molecular formula is C24H26Cl2N4O4. The number of carboxylic acids is 1. The highest BCUT2D eigenvalue weighted by atomic mass is 35.5. The van der Waals surface area contributed by atoms with Crippen molar-refractivity contribution in [1.82, 2.24) is 5.32 Å². The van der Waals surface area contributed by atoms with Gasteiger partial charge in [0.2, 0.25) is 0 Å². The van der Waals surface area contributed by atoms with E-state index in [1.54, 1.807) is 30.3 Å². The molecule has 6 N–H and O–H groups in total. The van der Waals surface area contributed by atoms with Gasteiger partial charge in [0, 0.05) is 18.8 Å². The summed E-state index contributed by atoms with van der Waals surface area (Å²) in [5.41, 5.74) is 12.4. The molecule has 0 bridgehead atoms. The monoisotopic (exact) mass is 504 g/mol. The van der Waals surface area contributed by atoms with E-state index in [1.165, 1.54) is 12.1 Å². The maximum Gasteiger partial charge on any atom is 0.326 e. The molecule has 0 aliphatic heterocycles. The van der Waals surface area contributed by atoms with E-state index in [0.29, 0.717) is 12.0 Å². The van der Waals surface area contributed by atoms with Crippen LogP contribution < -0.4 is 16.8 Å². The number of ketones is 1. The molecule has 1 amide bonds. The van der Waals surface area contributed by atoms with Gasteiger partial charge in [-0.2, -0.15) is 0 Å². The van der Waals surface area contributed by atoms with Crippen LogP contribution in [0, 0.1) is 5.92 Å². The summed E-state index contributed by atoms with van der Waals surface area (Å²) >= 11 is 12.1. The van der Waals surface area contributed by atoms with Crippen LogP contribution in [0.5, 0.6) is 0 Å². The number of guanidine groups is 1. The minimum absolute atomic E-state index is 0.00913. The fourth-order valence-electron chi connectivity index (χ4n) is 4.10. The summed E-state index contributed by atoms with van der Waals surface area (Å²) in [5.74, 6) is -1.75. The van der Waals surface area contributed by atoms with Crippen LogP contribution in [0.4, 0.5) is 0 Å². The van der Waals surface area contributed by atoms with Gasteiger partial charge < -0.3 is 21.9 Å². The Kier molecular flexibility index (Phi) is 8.52. The minimum atomic E-state index is -1.19. The van der Waals surface area contributed by atoms with Crippen molar-refractivity contribution >= 4 is 46.8 Å². The van der Waals surface area contributed by atoms with E-state index >= 15 is 0 Å². The first-order valence-corrected chi connectivity index (χ1v) is 11.6. The van der Waals surface area contributed by atoms with E-state index in [4.69, 9.17) is 34.7 Å². The van der Waals surface area contributed by atoms with Crippen LogP contribution in [0.3, 0.4) is 0 Å². The van der Waals surface area contributed by atoms with Crippen molar-refractivity contribution in [2.45, 2.75) is 44.2 Å². The second-order valence-electron chi connectivity index (χ2n) is 8.34. The van der Waals surface area contributed by atoms with E-state index in [2.05, 4.69) is 10.3 Å². The molecule has 0 heterocycles. The SMILES string of the molecule is NC(N)=N[C@@H]1CC[C@@H](C(=O)Cc2ccc(C[C@H](NC(=O)c3c(Cl)cccc3Cl)C(=O)O)cc2)C1. The number of aliphatic carboxylic acids is 1. The molecule has 2 aromatic rings. The number of hydrogen-bond donors (Lipinski definition) is 4. The molecule has 3 rings (SSSR count). The van der Waals surface area contributed by atoms with Crippen LogP contribution in [0.25, 0.3) is 0 Å². The van der Waals surface area contributed by atoms with Gasteiger partial charge in [-0.3, -0.25) is 14.6 Å². The maximum atomic E-state index is 12.7. The Hall–Kier alpha value is -3.10. The summed E-state index contributed by atoms with van der Waals surface area (Å²) in [7, 11) is 0. The molecule has 34 heavy (non-hydrogen) atoms. The van der Waals surface area contributed by atoms with E-state index in [1.807, 2.05) is 0 Å². The zero-order valence-corrected chi connectivity index (χ0v) is 19.9. The summed E-state index contributed by atoms with van der Waals surface area (Å²) < 4.78 is 0. The Balaban J connectivity index is 1.60. The molecule has 1 saturated carbocycles. The van der Waals surface area contributed by atoms with Crippen LogP contribution in [0.15, 0.2) is 47.5 Å². The number of halogens is 2. The molecule has 1 aliphatic carbocycles. The van der Waals surface area contributed by atoms with Crippen molar-refractivity contribution in [3.8, 4) is 0 Å². The highest BCUT2D eigenvalue weighted by molar-refractivity contribution is 6.39. The number of nitrogens with zero attached hydrogens (tertiary/aromatic N) is 1. The molecule has 10 heteroatoms. The number of benzene rings is 2. The number of amides is 1. The average molecular weight is 505 g/mol. The largest absolute Gasteiger partial charge is 0.480 e. The number of Topliss-reactive ketones (excluding diaryl/α,β-unsaturated/α-hetero) is 1. The first-order valence-electron chi connectivity index (χ1n) is 10.8. The van der Waals surface area contributed by atoms with Crippen molar-refractivity contribution < 1.29 is 19.5 Å². The molecule has 1 fully saturated rings. The van der Waals surface area contributed by atoms with Crippen LogP contribution in [0.2, 0.25) is 10.0 Å². The molecule has 180 valence electrons. The summed E-state index contributed by atoms with van der Waals surface area (Å²) in [5, 5.41) is 12.3. The smallest absolute Gasteiger partial charge is 0.326 e. The number of hydrogen-bond acceptors (Lipinski definition) is 4. The number of aliphatic imine (C=N–C) groups is 1. The molecule has 0 unspecified atom stereocenters. The van der Waals surface area contributed by atoms with Gasteiger partial charge in [-0.15, -0.1) is 0 Å². The summed E-state index contributed by atoms with van der Waals surface area (Å²) in [6.07, 6.45) is 2.52. The number of carbonyl (C=O) groups is 3. The van der Waals surface area contributed by atoms with Gasteiger partial charge in [-0.05, 0) is 42.5 Å². The molecule has 8 nitrogen and oxygen atoms in total. The minimum Gasteiger partial charge on any atom is -0.480 e. The van der Waals surface area contributed by atoms with Crippen LogP contribution in [-0.2, 0) is 22.4 Å². The van der Waals surface area contributed by atoms with E-state index in [9.17, 15) is 19.5 Å². The number of nitrogens with one attached hydrogen (secondary N) is 1. The second-order valence-corrected chi connectivity index (χ2v) is 9.16. The van der Waals surface area contributed by atoms with E-state index in [-0.39, 0.29) is 52.2 Å². The predicted octanol–water partition coefficient (Wildman–Crippen LogP) is 2.97. The lowest BCUT2D eigenvalue weighted by atomic mass is 9.95.